The Morgan fingerprint density at radius 2 is 2.12 bits per heavy atom. The first kappa shape index (κ1) is 26.5. The summed E-state index contributed by atoms with van der Waals surface area (Å²) in [6, 6.07) is 7.54. The predicted molar refractivity (Wildman–Crippen MR) is 160 cm³/mol. The second-order valence-corrected chi connectivity index (χ2v) is 11.7. The fourth-order valence-corrected chi connectivity index (χ4v) is 5.97. The molecule has 0 radical (unpaired) electrons. The second-order valence-electron chi connectivity index (χ2n) is 10.3. The van der Waals surface area contributed by atoms with Gasteiger partial charge in [0, 0.05) is 31.0 Å². The average molecular weight is 575 g/mol. The topological polar surface area (TPSA) is 118 Å². The molecule has 2 unspecified atom stereocenters. The molecule has 0 saturated carbocycles. The van der Waals surface area contributed by atoms with E-state index in [1.807, 2.05) is 35.9 Å². The van der Waals surface area contributed by atoms with Crippen molar-refractivity contribution < 1.29 is 4.79 Å². The molecule has 6 rings (SSSR count). The van der Waals surface area contributed by atoms with E-state index >= 15 is 0 Å². The lowest BCUT2D eigenvalue weighted by Gasteiger charge is -2.30. The minimum atomic E-state index is -0.207. The number of carbonyl (C=O) groups excluding carboxylic acids is 1. The number of imidazole rings is 1. The summed E-state index contributed by atoms with van der Waals surface area (Å²) >= 11 is 1.44. The molecule has 11 nitrogen and oxygen atoms in total. The van der Waals surface area contributed by atoms with Gasteiger partial charge in [0.2, 0.25) is 5.91 Å². The number of amides is 1. The van der Waals surface area contributed by atoms with Crippen LogP contribution in [0.2, 0.25) is 0 Å². The van der Waals surface area contributed by atoms with Gasteiger partial charge in [0.05, 0.1) is 34.9 Å². The van der Waals surface area contributed by atoms with Crippen LogP contribution < -0.4 is 16.1 Å². The van der Waals surface area contributed by atoms with E-state index in [0.29, 0.717) is 17.3 Å². The number of carbonyl (C=O) groups is 1. The van der Waals surface area contributed by atoms with Crippen LogP contribution in [0.3, 0.4) is 0 Å². The van der Waals surface area contributed by atoms with Crippen molar-refractivity contribution in [2.45, 2.75) is 39.8 Å². The van der Waals surface area contributed by atoms with Crippen molar-refractivity contribution in [3.63, 3.8) is 0 Å². The van der Waals surface area contributed by atoms with Crippen LogP contribution in [-0.2, 0) is 17.9 Å². The smallest absolute Gasteiger partial charge is 0.247 e. The van der Waals surface area contributed by atoms with E-state index in [1.165, 1.54) is 24.4 Å². The quantitative estimate of drug-likeness (QED) is 0.268. The molecule has 2 atom stereocenters. The van der Waals surface area contributed by atoms with E-state index in [4.69, 9.17) is 4.98 Å². The maximum atomic E-state index is 12.5. The van der Waals surface area contributed by atoms with Crippen LogP contribution in [0, 0.1) is 12.8 Å². The Kier molecular flexibility index (Phi) is 7.55. The van der Waals surface area contributed by atoms with E-state index in [9.17, 15) is 4.79 Å². The first-order valence-corrected chi connectivity index (χ1v) is 14.6. The van der Waals surface area contributed by atoms with Gasteiger partial charge in [-0.15, -0.1) is 0 Å². The maximum Gasteiger partial charge on any atom is 0.247 e. The van der Waals surface area contributed by atoms with Crippen LogP contribution >= 0.6 is 20.8 Å². The number of hydrogen-bond donors (Lipinski definition) is 2. The minimum absolute atomic E-state index is 0.0664. The fraction of sp³-hybridized carbons (Fsp3) is 0.333. The first-order chi connectivity index (χ1) is 19.4. The van der Waals surface area contributed by atoms with Gasteiger partial charge in [0.25, 0.3) is 0 Å². The van der Waals surface area contributed by atoms with Crippen molar-refractivity contribution in [2.75, 3.05) is 23.7 Å². The molecule has 0 bridgehead atoms. The maximum absolute atomic E-state index is 12.5. The van der Waals surface area contributed by atoms with Crippen molar-refractivity contribution in [1.82, 2.24) is 38.4 Å². The number of nitrogens with zero attached hydrogens (tertiary/aromatic N) is 8. The Hall–Kier alpha value is -3.73. The third-order valence-electron chi connectivity index (χ3n) is 6.81. The fourth-order valence-electron chi connectivity index (χ4n) is 5.06. The standard InChI is InChI=1S/C27H31N10OPS/c1-17-5-4-8-35(12-17)15-20-9-25(40-34-20)33-26-27-28-11-21(37(27)13-18(2)30-26)19-10-29-36(14-19)16-23(38)31-22-6-3-7-24(39)32-22/h3,6-7,9-11,13-14,17H,4-5,8,12,15-16,39H2,1-2H3,(H,30,33)(H,31,32,38). The van der Waals surface area contributed by atoms with Gasteiger partial charge in [-0.3, -0.25) is 18.8 Å². The number of aromatic nitrogens is 7. The molecule has 5 aromatic rings. The zero-order valence-electron chi connectivity index (χ0n) is 22.4. The molecule has 1 aliphatic rings. The molecule has 0 spiro atoms. The van der Waals surface area contributed by atoms with Gasteiger partial charge in [-0.25, -0.2) is 15.0 Å². The summed E-state index contributed by atoms with van der Waals surface area (Å²) in [5, 5.41) is 11.6. The molecule has 1 saturated heterocycles. The van der Waals surface area contributed by atoms with Crippen LogP contribution in [0.25, 0.3) is 16.9 Å². The molecule has 40 heavy (non-hydrogen) atoms. The van der Waals surface area contributed by atoms with Crippen LogP contribution in [0.4, 0.5) is 16.6 Å². The summed E-state index contributed by atoms with van der Waals surface area (Å²) in [5.74, 6) is 1.71. The number of anilines is 3. The highest BCUT2D eigenvalue weighted by atomic mass is 32.1. The molecule has 6 heterocycles. The summed E-state index contributed by atoms with van der Waals surface area (Å²) in [6.07, 6.45) is 9.88. The highest BCUT2D eigenvalue weighted by Gasteiger charge is 2.19. The summed E-state index contributed by atoms with van der Waals surface area (Å²) in [7, 11) is 2.52. The molecule has 0 aromatic carbocycles. The van der Waals surface area contributed by atoms with E-state index in [1.54, 1.807) is 23.1 Å². The van der Waals surface area contributed by atoms with E-state index in [-0.39, 0.29) is 12.5 Å². The van der Waals surface area contributed by atoms with Crippen molar-refractivity contribution in [1.29, 1.82) is 0 Å². The number of piperidine rings is 1. The van der Waals surface area contributed by atoms with Gasteiger partial charge in [-0.2, -0.15) is 9.47 Å². The van der Waals surface area contributed by atoms with E-state index in [0.717, 1.165) is 58.6 Å². The van der Waals surface area contributed by atoms with Gasteiger partial charge in [0.1, 0.15) is 17.4 Å². The SMILES string of the molecule is Cc1cn2c(-c3cnn(CC(=O)Nc4cccc(P)n4)c3)cnc2c(Nc2cc(CN3CCCC(C)C3)ns2)n1. The number of hydrogen-bond acceptors (Lipinski definition) is 9. The molecule has 5 aromatic heterocycles. The molecule has 2 N–H and O–H groups in total. The van der Waals surface area contributed by atoms with Crippen LogP contribution in [0.15, 0.2) is 49.1 Å². The monoisotopic (exact) mass is 574 g/mol. The molecule has 1 fully saturated rings. The lowest BCUT2D eigenvalue weighted by Crippen LogP contribution is -2.33. The molecular weight excluding hydrogens is 543 g/mol. The Morgan fingerprint density at radius 1 is 1.23 bits per heavy atom. The number of aryl methyl sites for hydroxylation is 1. The zero-order chi connectivity index (χ0) is 27.6. The molecule has 1 aliphatic heterocycles. The van der Waals surface area contributed by atoms with Gasteiger partial charge in [0.15, 0.2) is 11.5 Å². The molecule has 13 heteroatoms. The zero-order valence-corrected chi connectivity index (χ0v) is 24.4. The summed E-state index contributed by atoms with van der Waals surface area (Å²) in [6.45, 7) is 7.47. The predicted octanol–water partition coefficient (Wildman–Crippen LogP) is 3.87. The molecule has 206 valence electrons. The van der Waals surface area contributed by atoms with Crippen molar-refractivity contribution >= 4 is 54.4 Å². The Bertz CT molecular complexity index is 1660. The van der Waals surface area contributed by atoms with Crippen molar-refractivity contribution in [3.8, 4) is 11.3 Å². The van der Waals surface area contributed by atoms with Crippen LogP contribution in [0.1, 0.15) is 31.2 Å². The lowest BCUT2D eigenvalue weighted by molar-refractivity contribution is -0.116. The van der Waals surface area contributed by atoms with E-state index in [2.05, 4.69) is 57.2 Å². The summed E-state index contributed by atoms with van der Waals surface area (Å²) in [4.78, 5) is 28.7. The Balaban J connectivity index is 1.17. The van der Waals surface area contributed by atoms with Crippen molar-refractivity contribution in [3.05, 3.63) is 60.4 Å². The summed E-state index contributed by atoms with van der Waals surface area (Å²) in [5.41, 5.74) is 5.08. The number of nitrogens with one attached hydrogen (secondary N) is 2. The number of rotatable bonds is 8. The third-order valence-corrected chi connectivity index (χ3v) is 7.88. The van der Waals surface area contributed by atoms with Crippen molar-refractivity contribution in [2.24, 2.45) is 5.92 Å². The summed E-state index contributed by atoms with van der Waals surface area (Å²) < 4.78 is 8.28. The second kappa shape index (κ2) is 11.4. The van der Waals surface area contributed by atoms with Gasteiger partial charge in [-0.05, 0) is 62.0 Å². The highest BCUT2D eigenvalue weighted by molar-refractivity contribution is 7.26. The van der Waals surface area contributed by atoms with E-state index < -0.39 is 0 Å². The average Bonchev–Trinajstić information content (AvgIpc) is 3.64. The normalized spacial score (nSPS) is 15.9. The Morgan fingerprint density at radius 3 is 2.98 bits per heavy atom. The first-order valence-electron chi connectivity index (χ1n) is 13.2. The number of pyridine rings is 1. The third kappa shape index (κ3) is 6.04. The van der Waals surface area contributed by atoms with Crippen LogP contribution in [-0.4, -0.2) is 57.4 Å². The molecule has 1 amide bonds. The number of fused-ring (bicyclic) bond motifs is 1. The largest absolute Gasteiger partial charge is 0.328 e. The lowest BCUT2D eigenvalue weighted by atomic mass is 10.0. The molecule has 0 aliphatic carbocycles. The van der Waals surface area contributed by atoms with Gasteiger partial charge >= 0.3 is 0 Å². The molecular formula is C27H31N10OPS. The van der Waals surface area contributed by atoms with Crippen LogP contribution in [0.5, 0.6) is 0 Å². The Labute approximate surface area is 238 Å². The van der Waals surface area contributed by atoms with Gasteiger partial charge in [-0.1, -0.05) is 22.2 Å². The van der Waals surface area contributed by atoms with Gasteiger partial charge < -0.3 is 10.6 Å². The number of likely N-dealkylation sites (tertiary alicyclic amines) is 1. The highest BCUT2D eigenvalue weighted by Crippen LogP contribution is 2.28. The minimum Gasteiger partial charge on any atom is -0.328 e.